The van der Waals surface area contributed by atoms with Gasteiger partial charge >= 0.3 is 0 Å². The molecule has 0 aliphatic rings. The predicted molar refractivity (Wildman–Crippen MR) is 65.8 cm³/mol. The Labute approximate surface area is 109 Å². The van der Waals surface area contributed by atoms with Crippen molar-refractivity contribution >= 4 is 17.5 Å². The van der Waals surface area contributed by atoms with Gasteiger partial charge < -0.3 is 5.32 Å². The van der Waals surface area contributed by atoms with Crippen LogP contribution in [-0.4, -0.2) is 26.1 Å². The average molecular weight is 266 g/mol. The normalized spacial score (nSPS) is 12.1. The molecule has 1 amide bonds. The van der Waals surface area contributed by atoms with Crippen molar-refractivity contribution in [2.24, 2.45) is 0 Å². The van der Waals surface area contributed by atoms with Gasteiger partial charge in [0, 0.05) is 5.02 Å². The highest BCUT2D eigenvalue weighted by Crippen LogP contribution is 2.21. The molecule has 2 aromatic rings. The number of rotatable bonds is 4. The summed E-state index contributed by atoms with van der Waals surface area (Å²) in [7, 11) is 0. The molecular weight excluding hydrogens is 254 g/mol. The van der Waals surface area contributed by atoms with Crippen LogP contribution in [0.2, 0.25) is 5.02 Å². The van der Waals surface area contributed by atoms with Crippen LogP contribution in [0, 0.1) is 0 Å². The first kappa shape index (κ1) is 12.5. The van der Waals surface area contributed by atoms with Crippen LogP contribution in [0.25, 0.3) is 0 Å². The summed E-state index contributed by atoms with van der Waals surface area (Å²) in [6.45, 7) is 1.96. The summed E-state index contributed by atoms with van der Waals surface area (Å²) in [5, 5.41) is 14.0. The summed E-state index contributed by atoms with van der Waals surface area (Å²) in [5.74, 6) is -0.172. The smallest absolute Gasteiger partial charge is 0.242 e. The Kier molecular flexibility index (Phi) is 3.88. The molecule has 2 rings (SSSR count). The lowest BCUT2D eigenvalue weighted by Gasteiger charge is -2.15. The van der Waals surface area contributed by atoms with E-state index in [-0.39, 0.29) is 18.5 Å². The fraction of sp³-hybridized carbons (Fsp3) is 0.273. The maximum atomic E-state index is 11.7. The number of hydrogen-bond acceptors (Lipinski definition) is 4. The van der Waals surface area contributed by atoms with Crippen molar-refractivity contribution in [1.82, 2.24) is 25.5 Å². The van der Waals surface area contributed by atoms with Crippen molar-refractivity contribution < 1.29 is 4.79 Å². The minimum absolute atomic E-state index is 0.0851. The van der Waals surface area contributed by atoms with Gasteiger partial charge in [-0.3, -0.25) is 4.79 Å². The first-order valence-corrected chi connectivity index (χ1v) is 5.79. The van der Waals surface area contributed by atoms with Gasteiger partial charge in [-0.05, 0) is 29.0 Å². The minimum atomic E-state index is -0.172. The van der Waals surface area contributed by atoms with E-state index < -0.39 is 0 Å². The van der Waals surface area contributed by atoms with E-state index in [1.54, 1.807) is 6.07 Å². The molecule has 1 aromatic carbocycles. The number of benzene rings is 1. The van der Waals surface area contributed by atoms with Gasteiger partial charge in [0.2, 0.25) is 5.91 Å². The van der Waals surface area contributed by atoms with Crippen LogP contribution in [-0.2, 0) is 11.3 Å². The molecule has 0 fully saturated rings. The van der Waals surface area contributed by atoms with E-state index in [1.165, 1.54) is 11.0 Å². The van der Waals surface area contributed by atoms with Gasteiger partial charge in [0.05, 0.1) is 6.04 Å². The average Bonchev–Trinajstić information content (AvgIpc) is 2.82. The highest BCUT2D eigenvalue weighted by atomic mass is 35.5. The summed E-state index contributed by atoms with van der Waals surface area (Å²) in [5.41, 5.74) is 0.879. The molecule has 0 spiro atoms. The second kappa shape index (κ2) is 5.59. The van der Waals surface area contributed by atoms with Gasteiger partial charge in [-0.2, -0.15) is 0 Å². The van der Waals surface area contributed by atoms with Crippen LogP contribution in [0.15, 0.2) is 30.6 Å². The fourth-order valence-corrected chi connectivity index (χ4v) is 1.89. The van der Waals surface area contributed by atoms with Gasteiger partial charge in [-0.1, -0.05) is 29.8 Å². The lowest BCUT2D eigenvalue weighted by atomic mass is 10.1. The number of amides is 1. The van der Waals surface area contributed by atoms with Crippen molar-refractivity contribution in [2.45, 2.75) is 19.5 Å². The minimum Gasteiger partial charge on any atom is -0.348 e. The first-order valence-electron chi connectivity index (χ1n) is 5.41. The zero-order valence-corrected chi connectivity index (χ0v) is 10.5. The molecule has 18 heavy (non-hydrogen) atoms. The highest BCUT2D eigenvalue weighted by Gasteiger charge is 2.12. The lowest BCUT2D eigenvalue weighted by Crippen LogP contribution is -2.30. The molecule has 0 unspecified atom stereocenters. The number of nitrogens with one attached hydrogen (secondary N) is 1. The molecule has 6 nitrogen and oxygen atoms in total. The Morgan fingerprint density at radius 1 is 1.50 bits per heavy atom. The maximum absolute atomic E-state index is 11.7. The van der Waals surface area contributed by atoms with Crippen LogP contribution in [0.3, 0.4) is 0 Å². The van der Waals surface area contributed by atoms with Gasteiger partial charge in [0.25, 0.3) is 0 Å². The monoisotopic (exact) mass is 265 g/mol. The Morgan fingerprint density at radius 2 is 2.28 bits per heavy atom. The van der Waals surface area contributed by atoms with Crippen LogP contribution in [0.1, 0.15) is 18.5 Å². The third-order valence-corrected chi connectivity index (χ3v) is 2.79. The highest BCUT2D eigenvalue weighted by molar-refractivity contribution is 6.31. The Morgan fingerprint density at radius 3 is 2.94 bits per heavy atom. The molecule has 1 aromatic heterocycles. The lowest BCUT2D eigenvalue weighted by molar-refractivity contribution is -0.122. The van der Waals surface area contributed by atoms with Crippen molar-refractivity contribution in [3.8, 4) is 0 Å². The standard InChI is InChI=1S/C11H12ClN5O/c1-8(9-4-2-3-5-10(9)12)14-11(18)6-17-7-13-15-16-17/h2-5,7-8H,6H2,1H3,(H,14,18)/t8-/m0/s1. The van der Waals surface area contributed by atoms with E-state index in [1.807, 2.05) is 25.1 Å². The molecule has 7 heteroatoms. The largest absolute Gasteiger partial charge is 0.348 e. The number of aromatic nitrogens is 4. The third-order valence-electron chi connectivity index (χ3n) is 2.45. The summed E-state index contributed by atoms with van der Waals surface area (Å²) in [4.78, 5) is 11.7. The number of hydrogen-bond donors (Lipinski definition) is 1. The fourth-order valence-electron chi connectivity index (χ4n) is 1.59. The van der Waals surface area contributed by atoms with E-state index in [9.17, 15) is 4.79 Å². The molecule has 0 bridgehead atoms. The van der Waals surface area contributed by atoms with Crippen LogP contribution in [0.4, 0.5) is 0 Å². The zero-order chi connectivity index (χ0) is 13.0. The number of nitrogens with zero attached hydrogens (tertiary/aromatic N) is 4. The molecular formula is C11H12ClN5O. The summed E-state index contributed by atoms with van der Waals surface area (Å²) < 4.78 is 1.36. The van der Waals surface area contributed by atoms with Crippen molar-refractivity contribution in [2.75, 3.05) is 0 Å². The predicted octanol–water partition coefficient (Wildman–Crippen LogP) is 1.20. The molecule has 94 valence electrons. The quantitative estimate of drug-likeness (QED) is 0.902. The second-order valence-corrected chi connectivity index (χ2v) is 4.23. The second-order valence-electron chi connectivity index (χ2n) is 3.82. The molecule has 1 heterocycles. The molecule has 1 atom stereocenters. The summed E-state index contributed by atoms with van der Waals surface area (Å²) in [6.07, 6.45) is 1.39. The Bertz CT molecular complexity index is 528. The van der Waals surface area contributed by atoms with E-state index in [2.05, 4.69) is 20.8 Å². The van der Waals surface area contributed by atoms with Gasteiger partial charge in [0.15, 0.2) is 0 Å². The van der Waals surface area contributed by atoms with Gasteiger partial charge in [0.1, 0.15) is 12.9 Å². The zero-order valence-electron chi connectivity index (χ0n) is 9.75. The maximum Gasteiger partial charge on any atom is 0.242 e. The Balaban J connectivity index is 1.97. The number of carbonyl (C=O) groups excluding carboxylic acids is 1. The number of tetrazole rings is 1. The molecule has 0 saturated heterocycles. The van der Waals surface area contributed by atoms with E-state index in [0.717, 1.165) is 5.56 Å². The molecule has 0 radical (unpaired) electrons. The third kappa shape index (κ3) is 3.04. The van der Waals surface area contributed by atoms with Crippen LogP contribution in [0.5, 0.6) is 0 Å². The SMILES string of the molecule is C[C@H](NC(=O)Cn1cnnn1)c1ccccc1Cl. The molecule has 0 aliphatic carbocycles. The van der Waals surface area contributed by atoms with Crippen LogP contribution < -0.4 is 5.32 Å². The van der Waals surface area contributed by atoms with Gasteiger partial charge in [-0.15, -0.1) is 5.10 Å². The summed E-state index contributed by atoms with van der Waals surface area (Å²) >= 11 is 6.06. The molecule has 0 aliphatic heterocycles. The first-order chi connectivity index (χ1) is 8.66. The van der Waals surface area contributed by atoms with Crippen molar-refractivity contribution in [3.05, 3.63) is 41.2 Å². The number of halogens is 1. The van der Waals surface area contributed by atoms with E-state index >= 15 is 0 Å². The van der Waals surface area contributed by atoms with Crippen molar-refractivity contribution in [3.63, 3.8) is 0 Å². The van der Waals surface area contributed by atoms with Gasteiger partial charge in [-0.25, -0.2) is 4.68 Å². The number of carbonyl (C=O) groups is 1. The van der Waals surface area contributed by atoms with E-state index in [0.29, 0.717) is 5.02 Å². The topological polar surface area (TPSA) is 72.7 Å². The van der Waals surface area contributed by atoms with Crippen molar-refractivity contribution in [1.29, 1.82) is 0 Å². The van der Waals surface area contributed by atoms with Crippen LogP contribution >= 0.6 is 11.6 Å². The molecule has 1 N–H and O–H groups in total. The van der Waals surface area contributed by atoms with E-state index in [4.69, 9.17) is 11.6 Å². The Hall–Kier alpha value is -1.95. The molecule has 0 saturated carbocycles. The summed E-state index contributed by atoms with van der Waals surface area (Å²) in [6, 6.07) is 7.24.